The van der Waals surface area contributed by atoms with Gasteiger partial charge >= 0.3 is 11.7 Å². The van der Waals surface area contributed by atoms with E-state index in [0.717, 1.165) is 54.4 Å². The molecular formula is C27H34N4O4. The van der Waals surface area contributed by atoms with Gasteiger partial charge in [0.05, 0.1) is 17.5 Å². The van der Waals surface area contributed by atoms with Gasteiger partial charge in [-0.05, 0) is 49.2 Å². The van der Waals surface area contributed by atoms with Crippen molar-refractivity contribution in [1.29, 1.82) is 0 Å². The number of benzene rings is 2. The number of imidazole rings is 1. The monoisotopic (exact) mass is 478 g/mol. The van der Waals surface area contributed by atoms with Crippen LogP contribution in [0.15, 0.2) is 46.2 Å². The Morgan fingerprint density at radius 3 is 2.46 bits per heavy atom. The molecule has 0 amide bonds. The van der Waals surface area contributed by atoms with Gasteiger partial charge in [0.15, 0.2) is 5.78 Å². The number of H-pyrrole nitrogens is 2. The molecule has 0 saturated carbocycles. The largest absolute Gasteiger partial charge is 0.426 e. The number of nitrogens with one attached hydrogen (secondary N) is 2. The highest BCUT2D eigenvalue weighted by molar-refractivity contribution is 6.00. The lowest BCUT2D eigenvalue weighted by Gasteiger charge is -2.03. The molecule has 0 spiro atoms. The first-order chi connectivity index (χ1) is 16.9. The lowest BCUT2D eigenvalue weighted by molar-refractivity contribution is -0.131. The van der Waals surface area contributed by atoms with Crippen LogP contribution in [0, 0.1) is 0 Å². The molecule has 8 nitrogen and oxygen atoms in total. The predicted molar refractivity (Wildman–Crippen MR) is 138 cm³/mol. The molecule has 0 aliphatic carbocycles. The first kappa shape index (κ1) is 25.9. The summed E-state index contributed by atoms with van der Waals surface area (Å²) < 4.78 is 5.00. The Morgan fingerprint density at radius 2 is 1.69 bits per heavy atom. The molecule has 3 aromatic rings. The first-order valence-electron chi connectivity index (χ1n) is 12.3. The molecule has 35 heavy (non-hydrogen) atoms. The van der Waals surface area contributed by atoms with E-state index in [4.69, 9.17) is 10.5 Å². The molecule has 0 saturated heterocycles. The number of hydrogen-bond acceptors (Lipinski definition) is 5. The van der Waals surface area contributed by atoms with Crippen molar-refractivity contribution >= 4 is 28.6 Å². The van der Waals surface area contributed by atoms with Gasteiger partial charge in [-0.3, -0.25) is 14.6 Å². The zero-order valence-corrected chi connectivity index (χ0v) is 20.5. The second kappa shape index (κ2) is 12.7. The van der Waals surface area contributed by atoms with Crippen molar-refractivity contribution in [1.82, 2.24) is 9.97 Å². The maximum Gasteiger partial charge on any atom is 0.323 e. The quantitative estimate of drug-likeness (QED) is 0.0974. The highest BCUT2D eigenvalue weighted by atomic mass is 16.5. The lowest BCUT2D eigenvalue weighted by Crippen LogP contribution is -2.13. The van der Waals surface area contributed by atoms with Crippen LogP contribution in [-0.2, 0) is 11.2 Å². The van der Waals surface area contributed by atoms with Crippen molar-refractivity contribution < 1.29 is 14.3 Å². The molecule has 4 rings (SSSR count). The van der Waals surface area contributed by atoms with Gasteiger partial charge in [-0.1, -0.05) is 39.5 Å². The Balaban J connectivity index is 0.000000196. The highest BCUT2D eigenvalue weighted by Gasteiger charge is 2.21. The molecule has 4 N–H and O–H groups in total. The number of fused-ring (bicyclic) bond motifs is 2. The van der Waals surface area contributed by atoms with E-state index < -0.39 is 0 Å². The number of Topliss-reactive ketones (excluding diaryl/α,β-unsaturated/α-hetero) is 1. The Bertz CT molecular complexity index is 1260. The minimum absolute atomic E-state index is 0.160. The van der Waals surface area contributed by atoms with Crippen LogP contribution in [0.1, 0.15) is 80.3 Å². The average Bonchev–Trinajstić information content (AvgIpc) is 3.41. The van der Waals surface area contributed by atoms with Gasteiger partial charge in [0.2, 0.25) is 0 Å². The third kappa shape index (κ3) is 7.40. The molecule has 186 valence electrons. The zero-order valence-electron chi connectivity index (χ0n) is 20.5. The second-order valence-corrected chi connectivity index (χ2v) is 8.67. The fourth-order valence-corrected chi connectivity index (χ4v) is 3.80. The summed E-state index contributed by atoms with van der Waals surface area (Å²) in [5.41, 5.74) is 9.57. The number of aromatic nitrogens is 2. The molecule has 1 aromatic heterocycles. The van der Waals surface area contributed by atoms with E-state index in [1.807, 2.05) is 18.2 Å². The Labute approximate surface area is 205 Å². The van der Waals surface area contributed by atoms with E-state index in [2.05, 4.69) is 28.8 Å². The van der Waals surface area contributed by atoms with Crippen molar-refractivity contribution in [2.24, 2.45) is 10.7 Å². The molecule has 0 atom stereocenters. The number of amidine groups is 1. The van der Waals surface area contributed by atoms with Crippen LogP contribution < -0.4 is 16.2 Å². The summed E-state index contributed by atoms with van der Waals surface area (Å²) in [7, 11) is 0. The molecule has 0 unspecified atom stereocenters. The van der Waals surface area contributed by atoms with Crippen molar-refractivity contribution in [3.05, 3.63) is 63.6 Å². The fraction of sp³-hybridized carbons (Fsp3) is 0.407. The molecule has 0 radical (unpaired) electrons. The number of nitrogens with two attached hydrogens (primary N) is 1. The van der Waals surface area contributed by atoms with E-state index in [1.165, 1.54) is 12.8 Å². The molecule has 0 bridgehead atoms. The van der Waals surface area contributed by atoms with Crippen LogP contribution in [-0.4, -0.2) is 34.1 Å². The van der Waals surface area contributed by atoms with Crippen molar-refractivity contribution in [3.8, 4) is 5.75 Å². The van der Waals surface area contributed by atoms with E-state index in [0.29, 0.717) is 23.6 Å². The molecule has 0 fully saturated rings. The molecular weight excluding hydrogens is 444 g/mol. The van der Waals surface area contributed by atoms with Crippen LogP contribution in [0.2, 0.25) is 0 Å². The number of rotatable bonds is 10. The summed E-state index contributed by atoms with van der Waals surface area (Å²) in [6.45, 7) is 5.01. The van der Waals surface area contributed by atoms with Crippen molar-refractivity contribution in [2.75, 3.05) is 6.54 Å². The summed E-state index contributed by atoms with van der Waals surface area (Å²) in [6, 6.07) is 10.8. The maximum absolute atomic E-state index is 12.0. The Hall–Kier alpha value is -3.68. The molecule has 1 aliphatic rings. The van der Waals surface area contributed by atoms with Crippen molar-refractivity contribution in [2.45, 2.75) is 65.2 Å². The second-order valence-electron chi connectivity index (χ2n) is 8.67. The van der Waals surface area contributed by atoms with Gasteiger partial charge in [0.1, 0.15) is 11.6 Å². The Morgan fingerprint density at radius 1 is 0.943 bits per heavy atom. The molecule has 8 heteroatoms. The van der Waals surface area contributed by atoms with E-state index in [-0.39, 0.29) is 23.9 Å². The minimum atomic E-state index is -0.238. The van der Waals surface area contributed by atoms with Crippen LogP contribution in [0.5, 0.6) is 5.75 Å². The number of unbranched alkanes of at least 4 members (excludes halogenated alkanes) is 4. The number of aromatic amines is 2. The predicted octanol–water partition coefficient (Wildman–Crippen LogP) is 4.66. The van der Waals surface area contributed by atoms with Gasteiger partial charge in [0, 0.05) is 29.7 Å². The molecule has 1 aliphatic heterocycles. The number of carbonyl (C=O) groups excluding carboxylic acids is 2. The van der Waals surface area contributed by atoms with E-state index in [1.54, 1.807) is 18.2 Å². The number of esters is 1. The number of aliphatic imine (C=N–C) groups is 1. The zero-order chi connectivity index (χ0) is 25.2. The number of hydrogen-bond donors (Lipinski definition) is 3. The van der Waals surface area contributed by atoms with Gasteiger partial charge in [-0.2, -0.15) is 0 Å². The normalized spacial score (nSPS) is 12.7. The smallest absolute Gasteiger partial charge is 0.323 e. The SMILES string of the molecule is CCCCCCC(=O)c1ccc2c(c1)CC(=O)O2.CCCCN=C(N)c1ccc2[nH]c(=O)[nH]c2c1. The topological polar surface area (TPSA) is 130 Å². The van der Waals surface area contributed by atoms with Gasteiger partial charge in [0.25, 0.3) is 0 Å². The van der Waals surface area contributed by atoms with E-state index in [9.17, 15) is 14.4 Å². The minimum Gasteiger partial charge on any atom is -0.426 e. The molecule has 2 aromatic carbocycles. The summed E-state index contributed by atoms with van der Waals surface area (Å²) in [5.74, 6) is 1.04. The first-order valence-corrected chi connectivity index (χ1v) is 12.3. The summed E-state index contributed by atoms with van der Waals surface area (Å²) in [5, 5.41) is 0. The number of ketones is 1. The number of nitrogens with zero attached hydrogens (tertiary/aromatic N) is 1. The lowest BCUT2D eigenvalue weighted by atomic mass is 10.0. The summed E-state index contributed by atoms with van der Waals surface area (Å²) in [4.78, 5) is 43.9. The van der Waals surface area contributed by atoms with Crippen LogP contribution in [0.4, 0.5) is 0 Å². The average molecular weight is 479 g/mol. The summed E-state index contributed by atoms with van der Waals surface area (Å²) in [6.07, 6.45) is 7.41. The van der Waals surface area contributed by atoms with Gasteiger partial charge < -0.3 is 20.4 Å². The fourth-order valence-electron chi connectivity index (χ4n) is 3.80. The van der Waals surface area contributed by atoms with E-state index >= 15 is 0 Å². The van der Waals surface area contributed by atoms with Gasteiger partial charge in [-0.15, -0.1) is 0 Å². The van der Waals surface area contributed by atoms with Crippen LogP contribution in [0.25, 0.3) is 11.0 Å². The summed E-state index contributed by atoms with van der Waals surface area (Å²) >= 11 is 0. The number of ether oxygens (including phenoxy) is 1. The van der Waals surface area contributed by atoms with Gasteiger partial charge in [-0.25, -0.2) is 4.79 Å². The highest BCUT2D eigenvalue weighted by Crippen LogP contribution is 2.27. The third-order valence-electron chi connectivity index (χ3n) is 5.80. The van der Waals surface area contributed by atoms with Crippen LogP contribution >= 0.6 is 0 Å². The Kier molecular flexibility index (Phi) is 9.40. The maximum atomic E-state index is 12.0. The molecule has 2 heterocycles. The van der Waals surface area contributed by atoms with Crippen molar-refractivity contribution in [3.63, 3.8) is 0 Å². The third-order valence-corrected chi connectivity index (χ3v) is 5.80. The number of carbonyl (C=O) groups is 2. The van der Waals surface area contributed by atoms with Crippen LogP contribution in [0.3, 0.4) is 0 Å². The standard InChI is InChI=1S/C15H18O3.C12H16N4O/c1-2-3-4-5-6-13(16)11-7-8-14-12(9-11)10-15(17)18-14;1-2-3-6-14-11(13)8-4-5-9-10(7-8)16-12(17)15-9/h7-9H,2-6,10H2,1H3;4-5,7H,2-3,6H2,1H3,(H2,13,14)(H2,15,16,17).